The first-order valence-corrected chi connectivity index (χ1v) is 8.51. The number of amides is 2. The molecule has 0 bridgehead atoms. The molecule has 1 heterocycles. The summed E-state index contributed by atoms with van der Waals surface area (Å²) in [4.78, 5) is 26.0. The van der Waals surface area contributed by atoms with E-state index in [4.69, 9.17) is 0 Å². The van der Waals surface area contributed by atoms with Gasteiger partial charge in [-0.15, -0.1) is 0 Å². The molecule has 0 saturated carbocycles. The average Bonchev–Trinajstić information content (AvgIpc) is 2.38. The van der Waals surface area contributed by atoms with E-state index in [1.165, 1.54) is 0 Å². The summed E-state index contributed by atoms with van der Waals surface area (Å²) in [5.74, 6) is 0.442. The SMILES string of the molecule is CCC1(CC)NC(=O)CN(C(C)CCS(C)=O)C1=O. The fraction of sp³-hybridized carbons (Fsp3) is 0.846. The molecule has 1 N–H and O–H groups in total. The molecule has 0 aromatic heterocycles. The van der Waals surface area contributed by atoms with E-state index in [0.717, 1.165) is 0 Å². The molecule has 0 radical (unpaired) electrons. The fourth-order valence-electron chi connectivity index (χ4n) is 2.44. The lowest BCUT2D eigenvalue weighted by Gasteiger charge is -2.43. The first-order valence-electron chi connectivity index (χ1n) is 6.78. The molecule has 19 heavy (non-hydrogen) atoms. The minimum Gasteiger partial charge on any atom is -0.340 e. The zero-order valence-electron chi connectivity index (χ0n) is 12.2. The second-order valence-electron chi connectivity index (χ2n) is 5.19. The van der Waals surface area contributed by atoms with Crippen LogP contribution in [0.4, 0.5) is 0 Å². The molecule has 2 amide bonds. The summed E-state index contributed by atoms with van der Waals surface area (Å²) in [6.45, 7) is 5.85. The average molecular weight is 288 g/mol. The number of carbonyl (C=O) groups is 2. The monoisotopic (exact) mass is 288 g/mol. The highest BCUT2D eigenvalue weighted by atomic mass is 32.2. The highest BCUT2D eigenvalue weighted by Crippen LogP contribution is 2.24. The van der Waals surface area contributed by atoms with Crippen LogP contribution < -0.4 is 5.32 Å². The largest absolute Gasteiger partial charge is 0.340 e. The van der Waals surface area contributed by atoms with Crippen LogP contribution in [0.1, 0.15) is 40.0 Å². The Kier molecular flexibility index (Phi) is 5.52. The summed E-state index contributed by atoms with van der Waals surface area (Å²) in [6, 6.07) is -0.0556. The predicted molar refractivity (Wildman–Crippen MR) is 76.2 cm³/mol. The highest BCUT2D eigenvalue weighted by molar-refractivity contribution is 7.84. The molecular formula is C13H24N2O3S. The van der Waals surface area contributed by atoms with Crippen LogP contribution >= 0.6 is 0 Å². The van der Waals surface area contributed by atoms with Gasteiger partial charge in [0.15, 0.2) is 0 Å². The molecule has 0 aromatic rings. The van der Waals surface area contributed by atoms with Gasteiger partial charge in [-0.25, -0.2) is 0 Å². The third-order valence-electron chi connectivity index (χ3n) is 3.93. The van der Waals surface area contributed by atoms with Gasteiger partial charge in [-0.2, -0.15) is 0 Å². The molecule has 2 atom stereocenters. The van der Waals surface area contributed by atoms with Gasteiger partial charge >= 0.3 is 0 Å². The highest BCUT2D eigenvalue weighted by Gasteiger charge is 2.45. The maximum absolute atomic E-state index is 12.6. The topological polar surface area (TPSA) is 66.5 Å². The first-order chi connectivity index (χ1) is 8.86. The number of nitrogens with one attached hydrogen (secondary N) is 1. The third kappa shape index (κ3) is 3.55. The molecule has 1 saturated heterocycles. The summed E-state index contributed by atoms with van der Waals surface area (Å²) < 4.78 is 11.1. The van der Waals surface area contributed by atoms with Crippen LogP contribution in [0.15, 0.2) is 0 Å². The first kappa shape index (κ1) is 16.1. The van der Waals surface area contributed by atoms with Crippen LogP contribution in [0.3, 0.4) is 0 Å². The lowest BCUT2D eigenvalue weighted by molar-refractivity contribution is -0.152. The van der Waals surface area contributed by atoms with E-state index in [0.29, 0.717) is 25.0 Å². The maximum Gasteiger partial charge on any atom is 0.249 e. The molecule has 1 aliphatic heterocycles. The van der Waals surface area contributed by atoms with Gasteiger partial charge in [0.25, 0.3) is 0 Å². The van der Waals surface area contributed by atoms with Gasteiger partial charge in [0.05, 0.1) is 6.54 Å². The van der Waals surface area contributed by atoms with E-state index >= 15 is 0 Å². The van der Waals surface area contributed by atoms with Crippen molar-refractivity contribution in [1.29, 1.82) is 0 Å². The van der Waals surface area contributed by atoms with Crippen molar-refractivity contribution in [1.82, 2.24) is 10.2 Å². The molecule has 1 aliphatic rings. The Morgan fingerprint density at radius 2 is 1.95 bits per heavy atom. The Bertz CT molecular complexity index is 380. The smallest absolute Gasteiger partial charge is 0.249 e. The van der Waals surface area contributed by atoms with E-state index in [9.17, 15) is 13.8 Å². The van der Waals surface area contributed by atoms with E-state index < -0.39 is 16.3 Å². The molecule has 2 unspecified atom stereocenters. The molecule has 0 aliphatic carbocycles. The number of rotatable bonds is 6. The van der Waals surface area contributed by atoms with E-state index in [2.05, 4.69) is 5.32 Å². The van der Waals surface area contributed by atoms with Gasteiger partial charge in [0.1, 0.15) is 5.54 Å². The van der Waals surface area contributed by atoms with Crippen molar-refractivity contribution in [3.63, 3.8) is 0 Å². The zero-order chi connectivity index (χ0) is 14.6. The van der Waals surface area contributed by atoms with E-state index in [1.807, 2.05) is 20.8 Å². The number of hydrogen-bond donors (Lipinski definition) is 1. The van der Waals surface area contributed by atoms with E-state index in [-0.39, 0.29) is 24.4 Å². The summed E-state index contributed by atoms with van der Waals surface area (Å²) in [6.07, 6.45) is 3.50. The normalized spacial score (nSPS) is 22.0. The number of carbonyl (C=O) groups excluding carboxylic acids is 2. The number of piperazine rings is 1. The molecule has 1 fully saturated rings. The van der Waals surface area contributed by atoms with Crippen molar-refractivity contribution < 1.29 is 13.8 Å². The van der Waals surface area contributed by atoms with Crippen molar-refractivity contribution in [2.75, 3.05) is 18.6 Å². The molecule has 5 nitrogen and oxygen atoms in total. The Labute approximate surface area is 117 Å². The maximum atomic E-state index is 12.6. The van der Waals surface area contributed by atoms with Crippen LogP contribution in [0.5, 0.6) is 0 Å². The molecule has 0 aromatic carbocycles. The van der Waals surface area contributed by atoms with Gasteiger partial charge in [-0.1, -0.05) is 13.8 Å². The van der Waals surface area contributed by atoms with Crippen molar-refractivity contribution in [2.45, 2.75) is 51.6 Å². The molecule has 6 heteroatoms. The van der Waals surface area contributed by atoms with Crippen LogP contribution in [-0.2, 0) is 20.4 Å². The predicted octanol–water partition coefficient (Wildman–Crippen LogP) is 0.661. The second kappa shape index (κ2) is 6.50. The van der Waals surface area contributed by atoms with E-state index in [1.54, 1.807) is 11.2 Å². The third-order valence-corrected chi connectivity index (χ3v) is 4.74. The van der Waals surface area contributed by atoms with Gasteiger partial charge in [-0.05, 0) is 26.2 Å². The number of hydrogen-bond acceptors (Lipinski definition) is 3. The molecule has 0 spiro atoms. The van der Waals surface area contributed by atoms with Crippen LogP contribution in [-0.4, -0.2) is 51.1 Å². The summed E-state index contributed by atoms with van der Waals surface area (Å²) in [5, 5.41) is 2.84. The van der Waals surface area contributed by atoms with Gasteiger partial charge < -0.3 is 10.2 Å². The molecule has 110 valence electrons. The molecule has 1 rings (SSSR count). The fourth-order valence-corrected chi connectivity index (χ4v) is 3.11. The lowest BCUT2D eigenvalue weighted by Crippen LogP contribution is -2.67. The van der Waals surface area contributed by atoms with Crippen molar-refractivity contribution in [2.24, 2.45) is 0 Å². The molecular weight excluding hydrogens is 264 g/mol. The van der Waals surface area contributed by atoms with Crippen LogP contribution in [0.25, 0.3) is 0 Å². The Morgan fingerprint density at radius 1 is 1.37 bits per heavy atom. The van der Waals surface area contributed by atoms with Gasteiger partial charge in [0, 0.05) is 28.9 Å². The minimum absolute atomic E-state index is 0.00788. The van der Waals surface area contributed by atoms with Crippen LogP contribution in [0.2, 0.25) is 0 Å². The standard InChI is InChI=1S/C13H24N2O3S/c1-5-13(6-2)12(17)15(9-11(16)14-13)10(3)7-8-19(4)18/h10H,5-9H2,1-4H3,(H,14,16). The lowest BCUT2D eigenvalue weighted by atomic mass is 9.88. The van der Waals surface area contributed by atoms with Crippen molar-refractivity contribution >= 4 is 22.6 Å². The Balaban J connectivity index is 2.85. The summed E-state index contributed by atoms with van der Waals surface area (Å²) in [5.41, 5.74) is -0.755. The Morgan fingerprint density at radius 3 is 2.42 bits per heavy atom. The summed E-state index contributed by atoms with van der Waals surface area (Å²) in [7, 11) is -0.872. The summed E-state index contributed by atoms with van der Waals surface area (Å²) >= 11 is 0. The quantitative estimate of drug-likeness (QED) is 0.781. The van der Waals surface area contributed by atoms with Gasteiger partial charge in [0.2, 0.25) is 11.8 Å². The minimum atomic E-state index is -0.872. The van der Waals surface area contributed by atoms with Gasteiger partial charge in [-0.3, -0.25) is 13.8 Å². The van der Waals surface area contributed by atoms with Crippen molar-refractivity contribution in [3.8, 4) is 0 Å². The second-order valence-corrected chi connectivity index (χ2v) is 6.74. The Hall–Kier alpha value is -0.910. The van der Waals surface area contributed by atoms with Crippen molar-refractivity contribution in [3.05, 3.63) is 0 Å². The zero-order valence-corrected chi connectivity index (χ0v) is 13.0. The number of nitrogens with zero attached hydrogens (tertiary/aromatic N) is 1. The van der Waals surface area contributed by atoms with Crippen LogP contribution in [0, 0.1) is 0 Å².